The molecule has 0 unspecified atom stereocenters. The molecule has 0 radical (unpaired) electrons. The van der Waals surface area contributed by atoms with E-state index in [-0.39, 0.29) is 12.6 Å². The van der Waals surface area contributed by atoms with E-state index in [4.69, 9.17) is 0 Å². The van der Waals surface area contributed by atoms with E-state index in [1.807, 2.05) is 18.4 Å². The Kier molecular flexibility index (Phi) is 3.99. The summed E-state index contributed by atoms with van der Waals surface area (Å²) in [4.78, 5) is 13.0. The first kappa shape index (κ1) is 13.7. The molecule has 2 aromatic rings. The van der Waals surface area contributed by atoms with Gasteiger partial charge in [-0.2, -0.15) is 4.98 Å². The van der Waals surface area contributed by atoms with E-state index in [0.717, 1.165) is 11.2 Å². The third kappa shape index (κ3) is 2.84. The van der Waals surface area contributed by atoms with E-state index in [1.54, 1.807) is 12.5 Å². The average molecular weight is 263 g/mol. The minimum atomic E-state index is -0.0483. The Hall–Kier alpha value is -1.69. The van der Waals surface area contributed by atoms with Crippen molar-refractivity contribution in [3.05, 3.63) is 12.5 Å². The number of aromatic nitrogens is 4. The highest BCUT2D eigenvalue weighted by molar-refractivity contribution is 5.71. The molecule has 0 aromatic carbocycles. The molecule has 0 amide bonds. The molecule has 2 rings (SSSR count). The summed E-state index contributed by atoms with van der Waals surface area (Å²) in [5.41, 5.74) is 1.59. The molecule has 2 heterocycles. The molecular formula is C13H21N5O. The molecule has 6 heteroatoms. The lowest BCUT2D eigenvalue weighted by Gasteiger charge is -2.19. The summed E-state index contributed by atoms with van der Waals surface area (Å²) in [7, 11) is 0. The highest BCUT2D eigenvalue weighted by atomic mass is 16.3. The number of fused-ring (bicyclic) bond motifs is 1. The van der Waals surface area contributed by atoms with Gasteiger partial charge in [0.25, 0.3) is 0 Å². The third-order valence-electron chi connectivity index (χ3n) is 3.19. The molecule has 0 aliphatic carbocycles. The smallest absolute Gasteiger partial charge is 0.225 e. The number of nitrogens with zero attached hydrogens (tertiary/aromatic N) is 4. The molecule has 2 N–H and O–H groups in total. The van der Waals surface area contributed by atoms with Gasteiger partial charge in [-0.1, -0.05) is 13.8 Å². The van der Waals surface area contributed by atoms with Crippen molar-refractivity contribution in [2.75, 3.05) is 11.9 Å². The maximum absolute atomic E-state index is 9.34. The van der Waals surface area contributed by atoms with Crippen molar-refractivity contribution in [2.45, 2.75) is 39.8 Å². The first-order chi connectivity index (χ1) is 9.02. The van der Waals surface area contributed by atoms with Gasteiger partial charge in [0.1, 0.15) is 5.52 Å². The fourth-order valence-corrected chi connectivity index (χ4v) is 1.86. The van der Waals surface area contributed by atoms with Gasteiger partial charge in [-0.3, -0.25) is 0 Å². The minimum absolute atomic E-state index is 0.0483. The molecule has 0 saturated carbocycles. The Balaban J connectivity index is 2.32. The van der Waals surface area contributed by atoms with Crippen LogP contribution in [0.2, 0.25) is 0 Å². The largest absolute Gasteiger partial charge is 0.394 e. The molecular weight excluding hydrogens is 242 g/mol. The molecule has 0 bridgehead atoms. The number of anilines is 1. The molecule has 0 aliphatic heterocycles. The SMILES string of the molecule is CC(C)[C@H](CO)Nc1ncc2ncn(C(C)C)c2n1. The average Bonchev–Trinajstić information content (AvgIpc) is 2.78. The zero-order valence-corrected chi connectivity index (χ0v) is 11.8. The molecule has 2 aromatic heterocycles. The molecule has 0 spiro atoms. The first-order valence-corrected chi connectivity index (χ1v) is 6.60. The summed E-state index contributed by atoms with van der Waals surface area (Å²) in [6, 6.07) is 0.249. The van der Waals surface area contributed by atoms with Gasteiger partial charge >= 0.3 is 0 Å². The van der Waals surface area contributed by atoms with Crippen molar-refractivity contribution in [1.29, 1.82) is 0 Å². The van der Waals surface area contributed by atoms with Crippen LogP contribution in [0.4, 0.5) is 5.95 Å². The lowest BCUT2D eigenvalue weighted by Crippen LogP contribution is -2.30. The van der Waals surface area contributed by atoms with Crippen molar-refractivity contribution in [1.82, 2.24) is 19.5 Å². The summed E-state index contributed by atoms with van der Waals surface area (Å²) in [6.45, 7) is 8.32. The minimum Gasteiger partial charge on any atom is -0.394 e. The molecule has 19 heavy (non-hydrogen) atoms. The number of nitrogens with one attached hydrogen (secondary N) is 1. The highest BCUT2D eigenvalue weighted by Gasteiger charge is 2.14. The predicted octanol–water partition coefficient (Wildman–Crippen LogP) is 1.84. The molecule has 1 atom stereocenters. The third-order valence-corrected chi connectivity index (χ3v) is 3.19. The monoisotopic (exact) mass is 263 g/mol. The number of aliphatic hydroxyl groups is 1. The van der Waals surface area contributed by atoms with Crippen LogP contribution in [0.15, 0.2) is 12.5 Å². The Morgan fingerprint density at radius 2 is 2.00 bits per heavy atom. The van der Waals surface area contributed by atoms with Crippen LogP contribution >= 0.6 is 0 Å². The van der Waals surface area contributed by atoms with Crippen molar-refractivity contribution >= 4 is 17.1 Å². The van der Waals surface area contributed by atoms with Gasteiger partial charge in [0.15, 0.2) is 5.65 Å². The standard InChI is InChI=1S/C13H21N5O/c1-8(2)11(6-19)16-13-14-5-10-12(17-13)18(7-15-10)9(3)4/h5,7-9,11,19H,6H2,1-4H3,(H,14,16,17)/t11-/m0/s1. The van der Waals surface area contributed by atoms with Crippen molar-refractivity contribution in [3.63, 3.8) is 0 Å². The van der Waals surface area contributed by atoms with E-state index in [2.05, 4.69) is 34.1 Å². The van der Waals surface area contributed by atoms with Crippen molar-refractivity contribution in [2.24, 2.45) is 5.92 Å². The van der Waals surface area contributed by atoms with Gasteiger partial charge < -0.3 is 15.0 Å². The van der Waals surface area contributed by atoms with Gasteiger partial charge in [-0.05, 0) is 19.8 Å². The molecule has 0 saturated heterocycles. The summed E-state index contributed by atoms with van der Waals surface area (Å²) in [5, 5.41) is 12.5. The fourth-order valence-electron chi connectivity index (χ4n) is 1.86. The summed E-state index contributed by atoms with van der Waals surface area (Å²) in [6.07, 6.45) is 3.48. The molecule has 104 valence electrons. The molecule has 0 fully saturated rings. The number of aliphatic hydroxyl groups excluding tert-OH is 1. The van der Waals surface area contributed by atoms with Crippen LogP contribution in [0.25, 0.3) is 11.2 Å². The van der Waals surface area contributed by atoms with E-state index < -0.39 is 0 Å². The number of hydrogen-bond donors (Lipinski definition) is 2. The Labute approximate surface area is 112 Å². The van der Waals surface area contributed by atoms with E-state index in [0.29, 0.717) is 17.9 Å². The second-order valence-corrected chi connectivity index (χ2v) is 5.33. The molecule has 0 aliphatic rings. The summed E-state index contributed by atoms with van der Waals surface area (Å²) in [5.74, 6) is 0.835. The Morgan fingerprint density at radius 3 is 2.58 bits per heavy atom. The van der Waals surface area contributed by atoms with Gasteiger partial charge in [0.05, 0.1) is 25.2 Å². The van der Waals surface area contributed by atoms with Crippen molar-refractivity contribution in [3.8, 4) is 0 Å². The van der Waals surface area contributed by atoms with Crippen LogP contribution in [0.1, 0.15) is 33.7 Å². The van der Waals surface area contributed by atoms with Crippen molar-refractivity contribution < 1.29 is 5.11 Å². The summed E-state index contributed by atoms with van der Waals surface area (Å²) >= 11 is 0. The quantitative estimate of drug-likeness (QED) is 0.860. The topological polar surface area (TPSA) is 75.9 Å². The Morgan fingerprint density at radius 1 is 1.26 bits per heavy atom. The number of imidazole rings is 1. The van der Waals surface area contributed by atoms with Gasteiger partial charge in [0, 0.05) is 6.04 Å². The van der Waals surface area contributed by atoms with Gasteiger partial charge in [0.2, 0.25) is 5.95 Å². The fraction of sp³-hybridized carbons (Fsp3) is 0.615. The van der Waals surface area contributed by atoms with Crippen LogP contribution in [0.5, 0.6) is 0 Å². The lowest BCUT2D eigenvalue weighted by molar-refractivity contribution is 0.248. The van der Waals surface area contributed by atoms with E-state index >= 15 is 0 Å². The van der Waals surface area contributed by atoms with E-state index in [9.17, 15) is 5.11 Å². The van der Waals surface area contributed by atoms with Crippen LogP contribution in [0.3, 0.4) is 0 Å². The summed E-state index contributed by atoms with van der Waals surface area (Å²) < 4.78 is 2.01. The van der Waals surface area contributed by atoms with Crippen LogP contribution in [-0.4, -0.2) is 37.3 Å². The maximum Gasteiger partial charge on any atom is 0.225 e. The Bertz CT molecular complexity index is 549. The number of hydrogen-bond acceptors (Lipinski definition) is 5. The zero-order valence-electron chi connectivity index (χ0n) is 11.8. The maximum atomic E-state index is 9.34. The first-order valence-electron chi connectivity index (χ1n) is 6.60. The predicted molar refractivity (Wildman–Crippen MR) is 75.0 cm³/mol. The van der Waals surface area contributed by atoms with Crippen LogP contribution in [-0.2, 0) is 0 Å². The highest BCUT2D eigenvalue weighted by Crippen LogP contribution is 2.17. The van der Waals surface area contributed by atoms with Gasteiger partial charge in [-0.25, -0.2) is 9.97 Å². The lowest BCUT2D eigenvalue weighted by atomic mass is 10.1. The van der Waals surface area contributed by atoms with E-state index in [1.165, 1.54) is 0 Å². The molecule has 6 nitrogen and oxygen atoms in total. The second kappa shape index (κ2) is 5.52. The van der Waals surface area contributed by atoms with Crippen LogP contribution < -0.4 is 5.32 Å². The number of rotatable bonds is 5. The van der Waals surface area contributed by atoms with Crippen LogP contribution in [0, 0.1) is 5.92 Å². The second-order valence-electron chi connectivity index (χ2n) is 5.33. The van der Waals surface area contributed by atoms with Gasteiger partial charge in [-0.15, -0.1) is 0 Å². The zero-order chi connectivity index (χ0) is 14.0. The normalized spacial score (nSPS) is 13.4.